The Morgan fingerprint density at radius 3 is 1.90 bits per heavy atom. The van der Waals surface area contributed by atoms with Gasteiger partial charge in [0.15, 0.2) is 0 Å². The van der Waals surface area contributed by atoms with Gasteiger partial charge in [-0.15, -0.1) is 0 Å². The molecule has 5 rings (SSSR count). The number of fused-ring (bicyclic) bond motifs is 1. The molecule has 1 atom stereocenters. The van der Waals surface area contributed by atoms with Gasteiger partial charge in [0.1, 0.15) is 34.7 Å². The van der Waals surface area contributed by atoms with Crippen molar-refractivity contribution in [1.29, 1.82) is 0 Å². The van der Waals surface area contributed by atoms with E-state index < -0.39 is 23.9 Å². The Morgan fingerprint density at radius 1 is 0.692 bits per heavy atom. The van der Waals surface area contributed by atoms with Crippen LogP contribution in [0.1, 0.15) is 55.2 Å². The molecular formula is C41H41N3O8. The van der Waals surface area contributed by atoms with Crippen LogP contribution < -0.4 is 20.1 Å². The van der Waals surface area contributed by atoms with Gasteiger partial charge < -0.3 is 29.6 Å². The van der Waals surface area contributed by atoms with Gasteiger partial charge in [-0.2, -0.15) is 0 Å². The molecule has 0 radical (unpaired) electrons. The minimum atomic E-state index is -0.970. The van der Waals surface area contributed by atoms with E-state index in [0.717, 1.165) is 16.3 Å². The molecule has 1 aromatic heterocycles. The first-order valence-electron chi connectivity index (χ1n) is 16.7. The van der Waals surface area contributed by atoms with Crippen LogP contribution in [0.15, 0.2) is 103 Å². The molecule has 0 aliphatic heterocycles. The molecule has 11 nitrogen and oxygen atoms in total. The predicted molar refractivity (Wildman–Crippen MR) is 197 cm³/mol. The Labute approximate surface area is 302 Å². The number of anilines is 1. The van der Waals surface area contributed by atoms with Crippen LogP contribution in [-0.2, 0) is 35.7 Å². The number of aromatic nitrogens is 1. The highest BCUT2D eigenvalue weighted by atomic mass is 16.5. The van der Waals surface area contributed by atoms with Crippen LogP contribution in [0.5, 0.6) is 23.0 Å². The lowest BCUT2D eigenvalue weighted by atomic mass is 9.87. The number of hydrogen-bond acceptors (Lipinski definition) is 9. The van der Waals surface area contributed by atoms with Gasteiger partial charge >= 0.3 is 11.9 Å². The molecule has 11 heteroatoms. The zero-order chi connectivity index (χ0) is 37.3. The van der Waals surface area contributed by atoms with Gasteiger partial charge in [0.2, 0.25) is 5.91 Å². The minimum Gasteiger partial charge on any atom is -0.469 e. The lowest BCUT2D eigenvalue weighted by molar-refractivity contribution is -0.143. The summed E-state index contributed by atoms with van der Waals surface area (Å²) in [6.07, 6.45) is 1.79. The van der Waals surface area contributed by atoms with Crippen molar-refractivity contribution in [2.75, 3.05) is 19.5 Å². The van der Waals surface area contributed by atoms with E-state index in [1.165, 1.54) is 19.8 Å². The zero-order valence-corrected chi connectivity index (χ0v) is 29.7. The number of hydrogen-bond donors (Lipinski definition) is 2. The maximum atomic E-state index is 13.3. The van der Waals surface area contributed by atoms with Gasteiger partial charge in [0.05, 0.1) is 20.6 Å². The summed E-state index contributed by atoms with van der Waals surface area (Å²) in [5.41, 5.74) is 2.70. The van der Waals surface area contributed by atoms with Gasteiger partial charge in [-0.1, -0.05) is 45.0 Å². The average molecular weight is 704 g/mol. The molecule has 0 aliphatic rings. The standard InChI is InChI=1S/C41H41N3O8/c1-41(2,3)29-9-16-32(17-10-29)52-34-15-8-27-25-42-35(24-28(27)23-34)39(47)44-36(40(48)50-5)22-26-6-13-31(14-7-26)51-33-18-11-30(12-19-33)43-37(45)20-21-38(46)49-4/h6-19,23-25,36H,20-22H2,1-5H3,(H,43,45)(H,44,47)/t36-/m0/s1. The van der Waals surface area contributed by atoms with Crippen molar-refractivity contribution in [3.63, 3.8) is 0 Å². The molecule has 2 N–H and O–H groups in total. The molecule has 4 aromatic carbocycles. The zero-order valence-electron chi connectivity index (χ0n) is 29.7. The summed E-state index contributed by atoms with van der Waals surface area (Å²) < 4.78 is 21.6. The van der Waals surface area contributed by atoms with Gasteiger partial charge in [0, 0.05) is 30.1 Å². The normalized spacial score (nSPS) is 11.6. The van der Waals surface area contributed by atoms with E-state index in [2.05, 4.69) is 41.1 Å². The highest BCUT2D eigenvalue weighted by Crippen LogP contribution is 2.29. The number of nitrogens with one attached hydrogen (secondary N) is 2. The Bertz CT molecular complexity index is 2040. The minimum absolute atomic E-state index is 0.000290. The SMILES string of the molecule is COC(=O)CCC(=O)Nc1ccc(Oc2ccc(C[C@H](NC(=O)c3cc4cc(Oc5ccc(C(C)(C)C)cc5)ccc4cn3)C(=O)OC)cc2)cc1. The van der Waals surface area contributed by atoms with Crippen LogP contribution in [-0.4, -0.2) is 49.0 Å². The smallest absolute Gasteiger partial charge is 0.328 e. The molecular weight excluding hydrogens is 662 g/mol. The number of ether oxygens (including phenoxy) is 4. The molecule has 0 saturated heterocycles. The second-order valence-electron chi connectivity index (χ2n) is 13.1. The van der Waals surface area contributed by atoms with Gasteiger partial charge in [-0.3, -0.25) is 19.4 Å². The average Bonchev–Trinajstić information content (AvgIpc) is 3.14. The maximum Gasteiger partial charge on any atom is 0.328 e. The highest BCUT2D eigenvalue weighted by Gasteiger charge is 2.24. The summed E-state index contributed by atoms with van der Waals surface area (Å²) in [5, 5.41) is 7.07. The second-order valence-corrected chi connectivity index (χ2v) is 13.1. The lowest BCUT2D eigenvalue weighted by Gasteiger charge is -2.19. The van der Waals surface area contributed by atoms with E-state index in [9.17, 15) is 19.2 Å². The Balaban J connectivity index is 1.19. The predicted octanol–water partition coefficient (Wildman–Crippen LogP) is 7.52. The molecule has 2 amide bonds. The molecule has 0 aliphatic carbocycles. The molecule has 1 heterocycles. The van der Waals surface area contributed by atoms with E-state index in [-0.39, 0.29) is 36.3 Å². The lowest BCUT2D eigenvalue weighted by Crippen LogP contribution is -2.43. The molecule has 5 aromatic rings. The fourth-order valence-corrected chi connectivity index (χ4v) is 5.25. The molecule has 52 heavy (non-hydrogen) atoms. The van der Waals surface area contributed by atoms with Gasteiger partial charge in [-0.25, -0.2) is 4.79 Å². The summed E-state index contributed by atoms with van der Waals surface area (Å²) in [6.45, 7) is 6.47. The first kappa shape index (κ1) is 37.0. The first-order chi connectivity index (χ1) is 24.9. The van der Waals surface area contributed by atoms with Crippen molar-refractivity contribution in [3.8, 4) is 23.0 Å². The van der Waals surface area contributed by atoms with Crippen LogP contribution in [0.25, 0.3) is 10.8 Å². The number of carbonyl (C=O) groups excluding carboxylic acids is 4. The molecule has 268 valence electrons. The quantitative estimate of drug-likeness (QED) is 0.119. The summed E-state index contributed by atoms with van der Waals surface area (Å²) in [5.74, 6) is 0.523. The van der Waals surface area contributed by atoms with Crippen molar-refractivity contribution in [3.05, 3.63) is 120 Å². The third kappa shape index (κ3) is 10.2. The van der Waals surface area contributed by atoms with Crippen LogP contribution >= 0.6 is 0 Å². The van der Waals surface area contributed by atoms with Crippen molar-refractivity contribution in [2.45, 2.75) is 51.5 Å². The summed E-state index contributed by atoms with van der Waals surface area (Å²) in [7, 11) is 2.54. The van der Waals surface area contributed by atoms with Crippen LogP contribution in [0.3, 0.4) is 0 Å². The van der Waals surface area contributed by atoms with Crippen LogP contribution in [0, 0.1) is 0 Å². The summed E-state index contributed by atoms with van der Waals surface area (Å²) >= 11 is 0. The number of benzene rings is 4. The molecule has 0 bridgehead atoms. The van der Waals surface area contributed by atoms with E-state index in [1.54, 1.807) is 60.8 Å². The molecule has 0 fully saturated rings. The maximum absolute atomic E-state index is 13.3. The van der Waals surface area contributed by atoms with E-state index >= 15 is 0 Å². The highest BCUT2D eigenvalue weighted by molar-refractivity contribution is 5.98. The second kappa shape index (κ2) is 16.7. The Hall–Kier alpha value is -6.23. The van der Waals surface area contributed by atoms with Gasteiger partial charge in [-0.05, 0) is 94.7 Å². The monoisotopic (exact) mass is 703 g/mol. The van der Waals surface area contributed by atoms with Gasteiger partial charge in [0.25, 0.3) is 5.91 Å². The van der Waals surface area contributed by atoms with Crippen molar-refractivity contribution in [2.24, 2.45) is 0 Å². The Morgan fingerprint density at radius 2 is 1.29 bits per heavy atom. The number of rotatable bonds is 13. The van der Waals surface area contributed by atoms with Crippen LogP contribution in [0.2, 0.25) is 0 Å². The molecule has 0 spiro atoms. The van der Waals surface area contributed by atoms with Crippen molar-refractivity contribution in [1.82, 2.24) is 10.3 Å². The number of nitrogens with zero attached hydrogens (tertiary/aromatic N) is 1. The van der Waals surface area contributed by atoms with Crippen LogP contribution in [0.4, 0.5) is 5.69 Å². The summed E-state index contributed by atoms with van der Waals surface area (Å²) in [6, 6.07) is 28.1. The first-order valence-corrected chi connectivity index (χ1v) is 16.7. The van der Waals surface area contributed by atoms with Crippen molar-refractivity contribution < 1.29 is 38.1 Å². The molecule has 0 saturated carbocycles. The van der Waals surface area contributed by atoms with E-state index in [0.29, 0.717) is 28.7 Å². The fourth-order valence-electron chi connectivity index (χ4n) is 5.25. The number of carbonyl (C=O) groups is 4. The van der Waals surface area contributed by atoms with E-state index in [1.807, 2.05) is 42.5 Å². The topological polar surface area (TPSA) is 142 Å². The molecule has 0 unspecified atom stereocenters. The summed E-state index contributed by atoms with van der Waals surface area (Å²) in [4.78, 5) is 53.7. The largest absolute Gasteiger partial charge is 0.469 e. The van der Waals surface area contributed by atoms with E-state index in [4.69, 9.17) is 14.2 Å². The number of esters is 2. The van der Waals surface area contributed by atoms with Crippen molar-refractivity contribution >= 4 is 40.2 Å². The Kier molecular flexibility index (Phi) is 11.9. The fraction of sp³-hybridized carbons (Fsp3) is 0.244. The number of pyridine rings is 1. The number of methoxy groups -OCH3 is 2. The third-order valence-corrected chi connectivity index (χ3v) is 8.19. The number of amides is 2. The third-order valence-electron chi connectivity index (χ3n) is 8.19.